The number of aromatic nitrogens is 2. The molecule has 11 nitrogen and oxygen atoms in total. The molecule has 0 bridgehead atoms. The lowest BCUT2D eigenvalue weighted by atomic mass is 9.93. The Morgan fingerprint density at radius 2 is 1.84 bits per heavy atom. The second-order valence-electron chi connectivity index (χ2n) is 11.9. The van der Waals surface area contributed by atoms with Gasteiger partial charge in [-0.05, 0) is 67.7 Å². The van der Waals surface area contributed by atoms with Crippen LogP contribution in [0.25, 0.3) is 10.1 Å². The molecule has 3 saturated heterocycles. The minimum absolute atomic E-state index is 0.0502. The zero-order chi connectivity index (χ0) is 31.2. The van der Waals surface area contributed by atoms with Crippen molar-refractivity contribution >= 4 is 46.7 Å². The molecule has 0 spiro atoms. The van der Waals surface area contributed by atoms with Gasteiger partial charge in [0.05, 0.1) is 16.8 Å². The highest BCUT2D eigenvalue weighted by molar-refractivity contribution is 7.51. The van der Waals surface area contributed by atoms with Crippen molar-refractivity contribution in [2.75, 3.05) is 13.1 Å². The lowest BCUT2D eigenvalue weighted by Gasteiger charge is -2.38. The number of fused-ring (bicyclic) bond motifs is 2. The molecule has 44 heavy (non-hydrogen) atoms. The van der Waals surface area contributed by atoms with Gasteiger partial charge >= 0.3 is 7.60 Å². The van der Waals surface area contributed by atoms with Crippen molar-refractivity contribution in [2.24, 2.45) is 0 Å². The number of rotatable bonds is 6. The number of hydrogen-bond donors (Lipinski definition) is 4. The molecule has 2 aromatic heterocycles. The molecule has 1 unspecified atom stereocenters. The first kappa shape index (κ1) is 30.8. The van der Waals surface area contributed by atoms with E-state index >= 15 is 0 Å². The zero-order valence-corrected chi connectivity index (χ0v) is 25.5. The number of likely N-dealkylation sites (tertiary alicyclic amines) is 1. The summed E-state index contributed by atoms with van der Waals surface area (Å²) >= 11 is 1.13. The quantitative estimate of drug-likeness (QED) is 0.290. The second kappa shape index (κ2) is 12.3. The summed E-state index contributed by atoms with van der Waals surface area (Å²) in [7, 11) is -4.98. The van der Waals surface area contributed by atoms with Gasteiger partial charge in [-0.25, -0.2) is 8.78 Å². The minimum Gasteiger partial charge on any atom is -0.341 e. The number of benzene rings is 1. The van der Waals surface area contributed by atoms with Crippen LogP contribution in [0, 0.1) is 5.82 Å². The number of H-pyrrole nitrogens is 1. The molecule has 0 saturated carbocycles. The number of nitrogens with one attached hydrogen (secondary N) is 2. The van der Waals surface area contributed by atoms with Crippen molar-refractivity contribution < 1.29 is 37.5 Å². The van der Waals surface area contributed by atoms with E-state index in [0.29, 0.717) is 61.0 Å². The molecule has 3 aliphatic rings. The van der Waals surface area contributed by atoms with Crippen LogP contribution in [0.4, 0.5) is 8.78 Å². The lowest BCUT2D eigenvalue weighted by molar-refractivity contribution is -0.147. The molecule has 5 heterocycles. The number of carbonyl (C=O) groups is 3. The molecule has 236 valence electrons. The number of aromatic amines is 1. The Bertz CT molecular complexity index is 1620. The molecular formula is C29H34F2N5O6PS. The van der Waals surface area contributed by atoms with E-state index < -0.39 is 31.5 Å². The van der Waals surface area contributed by atoms with Gasteiger partial charge in [0.15, 0.2) is 5.82 Å². The van der Waals surface area contributed by atoms with Crippen LogP contribution in [-0.4, -0.2) is 78.7 Å². The van der Waals surface area contributed by atoms with E-state index in [4.69, 9.17) is 0 Å². The van der Waals surface area contributed by atoms with Gasteiger partial charge in [0.1, 0.15) is 12.1 Å². The SMILES string of the molecule is O=C(N[C@H]1CCCC[C@H]2CC[C@@H](C(=O)N3CCC(c4[nH]ncc4F)CC3)N2C1=O)c1cc2cc(C(F)P(=O)(O)O)ccc2s1. The third-order valence-corrected chi connectivity index (χ3v) is 11.1. The molecule has 15 heteroatoms. The maximum atomic E-state index is 14.2. The number of halogens is 2. The molecule has 3 aromatic rings. The Kier molecular flexibility index (Phi) is 8.62. The van der Waals surface area contributed by atoms with Crippen LogP contribution in [0.3, 0.4) is 0 Å². The Hall–Kier alpha value is -3.19. The summed E-state index contributed by atoms with van der Waals surface area (Å²) in [5, 5.41) is 9.82. The van der Waals surface area contributed by atoms with Crippen molar-refractivity contribution in [3.63, 3.8) is 0 Å². The van der Waals surface area contributed by atoms with Crippen molar-refractivity contribution in [3.8, 4) is 0 Å². The topological polar surface area (TPSA) is 156 Å². The van der Waals surface area contributed by atoms with E-state index in [2.05, 4.69) is 15.5 Å². The maximum Gasteiger partial charge on any atom is 0.363 e. The average molecular weight is 650 g/mol. The van der Waals surface area contributed by atoms with E-state index in [1.807, 2.05) is 0 Å². The molecule has 6 rings (SSSR count). The molecule has 4 N–H and O–H groups in total. The molecule has 0 radical (unpaired) electrons. The standard InChI is InChI=1S/C29H34F2N5O6PS/c30-20-15-32-34-25(20)16-9-11-35(12-10-16)29(39)22-7-6-19-3-1-2-4-21(28(38)36(19)22)33-27(37)24-14-18-13-17(5-8-23(18)44-24)26(31)43(40,41)42/h5,8,13-16,19,21-22,26H,1-4,6-7,9-12H2,(H,32,34)(H,33,37)(H2,40,41,42)/t19-,21-,22-,26?/m0/s1. The predicted molar refractivity (Wildman–Crippen MR) is 158 cm³/mol. The Labute approximate surface area is 256 Å². The minimum atomic E-state index is -4.98. The number of hydrogen-bond acceptors (Lipinski definition) is 6. The van der Waals surface area contributed by atoms with Gasteiger partial charge in [0, 0.05) is 29.7 Å². The molecule has 3 aliphatic heterocycles. The fourth-order valence-electron chi connectivity index (χ4n) is 6.82. The van der Waals surface area contributed by atoms with Crippen molar-refractivity contribution in [2.45, 2.75) is 81.3 Å². The summed E-state index contributed by atoms with van der Waals surface area (Å²) in [6.45, 7) is 0.909. The van der Waals surface area contributed by atoms with Gasteiger partial charge in [-0.15, -0.1) is 11.3 Å². The van der Waals surface area contributed by atoms with Crippen LogP contribution in [0.5, 0.6) is 0 Å². The first-order valence-corrected chi connectivity index (χ1v) is 17.3. The number of piperidine rings is 1. The van der Waals surface area contributed by atoms with Gasteiger partial charge in [-0.3, -0.25) is 24.0 Å². The van der Waals surface area contributed by atoms with Crippen molar-refractivity contribution in [1.29, 1.82) is 0 Å². The third kappa shape index (κ3) is 6.04. The highest BCUT2D eigenvalue weighted by Gasteiger charge is 2.45. The fourth-order valence-corrected chi connectivity index (χ4v) is 8.32. The number of nitrogens with zero attached hydrogens (tertiary/aromatic N) is 3. The number of alkyl halides is 1. The van der Waals surface area contributed by atoms with E-state index in [1.165, 1.54) is 24.3 Å². The van der Waals surface area contributed by atoms with Crippen LogP contribution in [-0.2, 0) is 14.2 Å². The Morgan fingerprint density at radius 3 is 2.55 bits per heavy atom. The van der Waals surface area contributed by atoms with Crippen molar-refractivity contribution in [1.82, 2.24) is 25.3 Å². The average Bonchev–Trinajstić information content (AvgIpc) is 3.74. The molecule has 1 aromatic carbocycles. The summed E-state index contributed by atoms with van der Waals surface area (Å²) in [6, 6.07) is 4.10. The maximum absolute atomic E-state index is 14.2. The summed E-state index contributed by atoms with van der Waals surface area (Å²) < 4.78 is 40.3. The summed E-state index contributed by atoms with van der Waals surface area (Å²) in [6.07, 6.45) is 6.42. The molecular weight excluding hydrogens is 615 g/mol. The van der Waals surface area contributed by atoms with Crippen LogP contribution in [0.1, 0.15) is 84.1 Å². The summed E-state index contributed by atoms with van der Waals surface area (Å²) in [5.74, 6) is -3.76. The van der Waals surface area contributed by atoms with Gasteiger partial charge < -0.3 is 24.9 Å². The van der Waals surface area contributed by atoms with Crippen molar-refractivity contribution in [3.05, 3.63) is 52.4 Å². The smallest absolute Gasteiger partial charge is 0.341 e. The summed E-state index contributed by atoms with van der Waals surface area (Å²) in [4.78, 5) is 63.1. The third-order valence-electron chi connectivity index (χ3n) is 9.10. The Morgan fingerprint density at radius 1 is 1.09 bits per heavy atom. The van der Waals surface area contributed by atoms with Gasteiger partial charge in [0.25, 0.3) is 5.91 Å². The molecule has 3 amide bonds. The first-order valence-electron chi connectivity index (χ1n) is 14.8. The van der Waals surface area contributed by atoms with Gasteiger partial charge in [-0.1, -0.05) is 18.9 Å². The first-order chi connectivity index (χ1) is 21.0. The highest BCUT2D eigenvalue weighted by Crippen LogP contribution is 2.53. The highest BCUT2D eigenvalue weighted by atomic mass is 32.1. The van der Waals surface area contributed by atoms with Gasteiger partial charge in [-0.2, -0.15) is 5.10 Å². The van der Waals surface area contributed by atoms with Crippen LogP contribution in [0.15, 0.2) is 30.5 Å². The van der Waals surface area contributed by atoms with E-state index in [0.717, 1.165) is 36.8 Å². The Balaban J connectivity index is 1.14. The van der Waals surface area contributed by atoms with Crippen LogP contribution >= 0.6 is 18.9 Å². The van der Waals surface area contributed by atoms with Crippen LogP contribution < -0.4 is 5.32 Å². The van der Waals surface area contributed by atoms with E-state index in [-0.39, 0.29) is 40.0 Å². The largest absolute Gasteiger partial charge is 0.363 e. The van der Waals surface area contributed by atoms with E-state index in [9.17, 15) is 37.5 Å². The fraction of sp³-hybridized carbons (Fsp3) is 0.517. The second-order valence-corrected chi connectivity index (χ2v) is 14.6. The normalized spacial score (nSPS) is 24.2. The van der Waals surface area contributed by atoms with Gasteiger partial charge in [0.2, 0.25) is 17.7 Å². The van der Waals surface area contributed by atoms with Crippen LogP contribution in [0.2, 0.25) is 0 Å². The lowest BCUT2D eigenvalue weighted by Crippen LogP contribution is -2.57. The summed E-state index contributed by atoms with van der Waals surface area (Å²) in [5.41, 5.74) is 0.279. The monoisotopic (exact) mass is 649 g/mol. The molecule has 3 fully saturated rings. The zero-order valence-electron chi connectivity index (χ0n) is 23.8. The van der Waals surface area contributed by atoms with E-state index in [1.54, 1.807) is 9.80 Å². The molecule has 4 atom stereocenters. The molecule has 0 aliphatic carbocycles. The number of thiophene rings is 1. The number of carbonyl (C=O) groups excluding carboxylic acids is 3. The number of amides is 3. The predicted octanol–water partition coefficient (Wildman–Crippen LogP) is 4.35.